The Labute approximate surface area is 180 Å². The van der Waals surface area contributed by atoms with Gasteiger partial charge in [0.1, 0.15) is 18.1 Å². The zero-order valence-corrected chi connectivity index (χ0v) is 17.6. The molecule has 2 fully saturated rings. The van der Waals surface area contributed by atoms with Crippen LogP contribution in [-0.4, -0.2) is 69.9 Å². The summed E-state index contributed by atoms with van der Waals surface area (Å²) in [6, 6.07) is 6.24. The zero-order chi connectivity index (χ0) is 21.2. The van der Waals surface area contributed by atoms with E-state index in [1.807, 2.05) is 6.07 Å². The summed E-state index contributed by atoms with van der Waals surface area (Å²) in [5, 5.41) is 0.923. The summed E-state index contributed by atoms with van der Waals surface area (Å²) in [5.74, 6) is 0.618. The molecule has 0 aliphatic carbocycles. The number of hydrogen-bond donors (Lipinski definition) is 0. The SMILES string of the molecule is Cn1ccnc(CN2CCN(c3ccc4ncnc(OC5CCOC5)c4c3)CC2)c1=O. The minimum Gasteiger partial charge on any atom is -0.471 e. The molecule has 1 unspecified atom stereocenters. The Morgan fingerprint density at radius 2 is 2.03 bits per heavy atom. The molecule has 31 heavy (non-hydrogen) atoms. The third-order valence-corrected chi connectivity index (χ3v) is 5.95. The molecule has 2 aliphatic rings. The number of aryl methyl sites for hydroxylation is 1. The first-order valence-electron chi connectivity index (χ1n) is 10.6. The molecule has 5 rings (SSSR count). The van der Waals surface area contributed by atoms with Crippen molar-refractivity contribution < 1.29 is 9.47 Å². The van der Waals surface area contributed by atoms with E-state index in [0.29, 0.717) is 24.7 Å². The van der Waals surface area contributed by atoms with Gasteiger partial charge in [-0.1, -0.05) is 0 Å². The molecule has 0 N–H and O–H groups in total. The lowest BCUT2D eigenvalue weighted by atomic mass is 10.1. The second-order valence-corrected chi connectivity index (χ2v) is 8.04. The van der Waals surface area contributed by atoms with Crippen molar-refractivity contribution in [3.8, 4) is 5.88 Å². The van der Waals surface area contributed by atoms with E-state index in [-0.39, 0.29) is 11.7 Å². The predicted octanol–water partition coefficient (Wildman–Crippen LogP) is 1.21. The molecule has 0 amide bonds. The lowest BCUT2D eigenvalue weighted by Gasteiger charge is -2.36. The van der Waals surface area contributed by atoms with Gasteiger partial charge in [-0.25, -0.2) is 9.97 Å². The van der Waals surface area contributed by atoms with Gasteiger partial charge in [0.05, 0.1) is 24.1 Å². The number of benzene rings is 1. The van der Waals surface area contributed by atoms with E-state index in [1.54, 1.807) is 30.3 Å². The van der Waals surface area contributed by atoms with Crippen LogP contribution < -0.4 is 15.2 Å². The summed E-state index contributed by atoms with van der Waals surface area (Å²) in [6.45, 7) is 5.39. The fourth-order valence-electron chi connectivity index (χ4n) is 4.11. The van der Waals surface area contributed by atoms with Gasteiger partial charge in [-0.2, -0.15) is 0 Å². The normalized spacial score (nSPS) is 19.8. The molecule has 9 heteroatoms. The topological polar surface area (TPSA) is 85.6 Å². The molecule has 162 valence electrons. The van der Waals surface area contributed by atoms with E-state index in [0.717, 1.165) is 55.8 Å². The number of rotatable bonds is 5. The van der Waals surface area contributed by atoms with Crippen molar-refractivity contribution >= 4 is 16.6 Å². The molecule has 0 radical (unpaired) electrons. The van der Waals surface area contributed by atoms with Crippen LogP contribution in [0.25, 0.3) is 10.9 Å². The summed E-state index contributed by atoms with van der Waals surface area (Å²) in [7, 11) is 1.76. The highest BCUT2D eigenvalue weighted by Crippen LogP contribution is 2.28. The second kappa shape index (κ2) is 8.60. The number of fused-ring (bicyclic) bond motifs is 1. The molecule has 1 aromatic carbocycles. The Morgan fingerprint density at radius 1 is 1.16 bits per heavy atom. The van der Waals surface area contributed by atoms with Crippen molar-refractivity contribution in [3.05, 3.63) is 53.0 Å². The molecular formula is C22H26N6O3. The third-order valence-electron chi connectivity index (χ3n) is 5.95. The molecule has 1 atom stereocenters. The molecular weight excluding hydrogens is 396 g/mol. The lowest BCUT2D eigenvalue weighted by Crippen LogP contribution is -2.46. The largest absolute Gasteiger partial charge is 0.471 e. The molecule has 0 bridgehead atoms. The van der Waals surface area contributed by atoms with Crippen LogP contribution in [0.1, 0.15) is 12.1 Å². The van der Waals surface area contributed by atoms with Crippen LogP contribution in [-0.2, 0) is 18.3 Å². The van der Waals surface area contributed by atoms with Crippen molar-refractivity contribution in [2.45, 2.75) is 19.1 Å². The number of piperazine rings is 1. The minimum absolute atomic E-state index is 0.0281. The Kier molecular flexibility index (Phi) is 5.52. The second-order valence-electron chi connectivity index (χ2n) is 8.04. The first-order chi connectivity index (χ1) is 15.2. The van der Waals surface area contributed by atoms with Crippen molar-refractivity contribution in [1.82, 2.24) is 24.4 Å². The maximum Gasteiger partial charge on any atom is 0.273 e. The van der Waals surface area contributed by atoms with Crippen molar-refractivity contribution in [1.29, 1.82) is 0 Å². The number of anilines is 1. The first kappa shape index (κ1) is 19.9. The Morgan fingerprint density at radius 3 is 2.84 bits per heavy atom. The number of hydrogen-bond acceptors (Lipinski definition) is 8. The van der Waals surface area contributed by atoms with E-state index >= 15 is 0 Å². The number of nitrogens with zero attached hydrogens (tertiary/aromatic N) is 6. The lowest BCUT2D eigenvalue weighted by molar-refractivity contribution is 0.139. The van der Waals surface area contributed by atoms with Gasteiger partial charge in [0.2, 0.25) is 5.88 Å². The van der Waals surface area contributed by atoms with Gasteiger partial charge in [0.25, 0.3) is 5.56 Å². The van der Waals surface area contributed by atoms with Gasteiger partial charge in [-0.05, 0) is 18.2 Å². The predicted molar refractivity (Wildman–Crippen MR) is 116 cm³/mol. The van der Waals surface area contributed by atoms with E-state index in [4.69, 9.17) is 9.47 Å². The van der Waals surface area contributed by atoms with E-state index < -0.39 is 0 Å². The van der Waals surface area contributed by atoms with Gasteiger partial charge in [-0.3, -0.25) is 14.7 Å². The average molecular weight is 422 g/mol. The van der Waals surface area contributed by atoms with Crippen LogP contribution in [0.5, 0.6) is 5.88 Å². The van der Waals surface area contributed by atoms with Crippen molar-refractivity contribution in [2.75, 3.05) is 44.3 Å². The van der Waals surface area contributed by atoms with E-state index in [1.165, 1.54) is 0 Å². The zero-order valence-electron chi connectivity index (χ0n) is 17.6. The molecule has 2 saturated heterocycles. The minimum atomic E-state index is -0.0281. The molecule has 9 nitrogen and oxygen atoms in total. The van der Waals surface area contributed by atoms with Crippen LogP contribution in [0.3, 0.4) is 0 Å². The molecule has 2 aliphatic heterocycles. The summed E-state index contributed by atoms with van der Waals surface area (Å²) in [4.78, 5) is 29.9. The fraction of sp³-hybridized carbons (Fsp3) is 0.455. The van der Waals surface area contributed by atoms with E-state index in [2.05, 4.69) is 36.9 Å². The molecule has 0 spiro atoms. The van der Waals surface area contributed by atoms with Crippen LogP contribution in [0.15, 0.2) is 41.7 Å². The summed E-state index contributed by atoms with van der Waals surface area (Å²) >= 11 is 0. The maximum absolute atomic E-state index is 12.2. The van der Waals surface area contributed by atoms with Crippen molar-refractivity contribution in [3.63, 3.8) is 0 Å². The molecule has 3 aromatic rings. The molecule has 0 saturated carbocycles. The van der Waals surface area contributed by atoms with Crippen LogP contribution in [0.2, 0.25) is 0 Å². The Bertz CT molecular complexity index is 1120. The van der Waals surface area contributed by atoms with E-state index in [9.17, 15) is 4.79 Å². The average Bonchev–Trinajstić information content (AvgIpc) is 3.31. The third kappa shape index (κ3) is 4.24. The van der Waals surface area contributed by atoms with Crippen molar-refractivity contribution in [2.24, 2.45) is 7.05 Å². The van der Waals surface area contributed by atoms with Crippen LogP contribution in [0, 0.1) is 0 Å². The monoisotopic (exact) mass is 422 g/mol. The molecule has 2 aromatic heterocycles. The van der Waals surface area contributed by atoms with Crippen LogP contribution in [0.4, 0.5) is 5.69 Å². The smallest absolute Gasteiger partial charge is 0.273 e. The highest BCUT2D eigenvalue weighted by molar-refractivity contribution is 5.86. The summed E-state index contributed by atoms with van der Waals surface area (Å²) in [5.41, 5.74) is 2.57. The molecule has 4 heterocycles. The quantitative estimate of drug-likeness (QED) is 0.607. The highest BCUT2D eigenvalue weighted by Gasteiger charge is 2.22. The highest BCUT2D eigenvalue weighted by atomic mass is 16.5. The summed E-state index contributed by atoms with van der Waals surface area (Å²) in [6.07, 6.45) is 5.84. The van der Waals surface area contributed by atoms with Gasteiger partial charge < -0.3 is 18.9 Å². The fourth-order valence-corrected chi connectivity index (χ4v) is 4.11. The summed E-state index contributed by atoms with van der Waals surface area (Å²) < 4.78 is 13.1. The Hall–Kier alpha value is -3.04. The first-order valence-corrected chi connectivity index (χ1v) is 10.6. The van der Waals surface area contributed by atoms with Gasteiger partial charge >= 0.3 is 0 Å². The number of ether oxygens (including phenoxy) is 2. The standard InChI is InChI=1S/C22H26N6O3/c1-26-6-5-23-20(22(26)29)13-27-7-9-28(10-8-27)16-2-3-19-18(12-16)21(25-15-24-19)31-17-4-11-30-14-17/h2-3,5-6,12,15,17H,4,7-11,13-14H2,1H3. The van der Waals surface area contributed by atoms with Gasteiger partial charge in [0.15, 0.2) is 0 Å². The van der Waals surface area contributed by atoms with Gasteiger partial charge in [0, 0.05) is 64.3 Å². The number of aromatic nitrogens is 4. The van der Waals surface area contributed by atoms with Crippen LogP contribution >= 0.6 is 0 Å². The Balaban J connectivity index is 1.29. The maximum atomic E-state index is 12.2. The van der Waals surface area contributed by atoms with Gasteiger partial charge in [-0.15, -0.1) is 0 Å².